The average molecular weight is 686 g/mol. The maximum absolute atomic E-state index is 12.7. The minimum Gasteiger partial charge on any atom is -0.456 e. The molecule has 0 atom stereocenters. The minimum absolute atomic E-state index is 0.0227. The molecule has 0 radical (unpaired) electrons. The second-order valence-electron chi connectivity index (χ2n) is 13.8. The second-order valence-corrected chi connectivity index (χ2v) is 13.8. The summed E-state index contributed by atoms with van der Waals surface area (Å²) in [5.74, 6) is -0.322. The van der Waals surface area contributed by atoms with Crippen LogP contribution in [-0.4, -0.2) is 24.3 Å². The van der Waals surface area contributed by atoms with Crippen molar-refractivity contribution in [1.29, 1.82) is 0 Å². The number of amides is 1. The van der Waals surface area contributed by atoms with E-state index in [9.17, 15) is 9.59 Å². The molecule has 6 aromatic rings. The van der Waals surface area contributed by atoms with Gasteiger partial charge in [-0.2, -0.15) is 10.2 Å². The number of nitrogens with zero attached hydrogens (tertiary/aromatic N) is 2. The molecule has 258 valence electrons. The van der Waals surface area contributed by atoms with Crippen LogP contribution in [0.15, 0.2) is 156 Å². The van der Waals surface area contributed by atoms with Gasteiger partial charge in [-0.1, -0.05) is 109 Å². The number of ether oxygens (including phenoxy) is 2. The van der Waals surface area contributed by atoms with Crippen LogP contribution < -0.4 is 5.32 Å². The Hall–Kier alpha value is -6.34. The van der Waals surface area contributed by atoms with Crippen molar-refractivity contribution in [2.75, 3.05) is 6.61 Å². The molecule has 0 spiro atoms. The number of benzene rings is 6. The fourth-order valence-corrected chi connectivity index (χ4v) is 6.39. The first-order valence-corrected chi connectivity index (χ1v) is 17.3. The standard InChI is InChI=1S/C45H39N3O4/c1-45(2,3)52-43(49)33-24-22-32(23-25-33)35-11-9-13-37(27-35)48-47-36-12-8-10-34(26-36)31-20-18-30(19-21-31)28-46-44(50)51-29-42-40-16-6-4-14-38(40)39-15-5-7-17-41(39)42/h4-27,42H,28-29H2,1-3H3,(H,46,50). The third-order valence-electron chi connectivity index (χ3n) is 8.89. The zero-order chi connectivity index (χ0) is 36.1. The summed E-state index contributed by atoms with van der Waals surface area (Å²) in [6.45, 7) is 6.20. The largest absolute Gasteiger partial charge is 0.456 e. The Labute approximate surface area is 304 Å². The SMILES string of the molecule is CC(C)(C)OC(=O)c1ccc(-c2cccc(N=Nc3cccc(-c4ccc(CNC(=O)OCC5c6ccccc6-c6ccccc65)cc4)c3)c2)cc1. The molecular formula is C45H39N3O4. The first kappa shape index (κ1) is 34.1. The van der Waals surface area contributed by atoms with Crippen molar-refractivity contribution in [2.45, 2.75) is 38.8 Å². The third kappa shape index (κ3) is 8.00. The molecule has 1 aliphatic rings. The number of carbonyl (C=O) groups excluding carboxylic acids is 2. The zero-order valence-electron chi connectivity index (χ0n) is 29.4. The highest BCUT2D eigenvalue weighted by Gasteiger charge is 2.29. The van der Waals surface area contributed by atoms with Crippen molar-refractivity contribution < 1.29 is 19.1 Å². The van der Waals surface area contributed by atoms with Crippen LogP contribution in [-0.2, 0) is 16.0 Å². The van der Waals surface area contributed by atoms with E-state index in [1.807, 2.05) is 130 Å². The quantitative estimate of drug-likeness (QED) is 0.121. The van der Waals surface area contributed by atoms with Gasteiger partial charge in [0.25, 0.3) is 0 Å². The summed E-state index contributed by atoms with van der Waals surface area (Å²) in [7, 11) is 0. The van der Waals surface area contributed by atoms with Gasteiger partial charge < -0.3 is 14.8 Å². The number of alkyl carbamates (subject to hydrolysis) is 1. The van der Waals surface area contributed by atoms with Crippen LogP contribution in [0.2, 0.25) is 0 Å². The lowest BCUT2D eigenvalue weighted by Gasteiger charge is -2.19. The Balaban J connectivity index is 0.937. The van der Waals surface area contributed by atoms with E-state index < -0.39 is 11.7 Å². The minimum atomic E-state index is -0.547. The Morgan fingerprint density at radius 2 is 1.13 bits per heavy atom. The summed E-state index contributed by atoms with van der Waals surface area (Å²) >= 11 is 0. The van der Waals surface area contributed by atoms with Crippen molar-refractivity contribution in [2.24, 2.45) is 10.2 Å². The number of hydrogen-bond donors (Lipinski definition) is 1. The van der Waals surface area contributed by atoms with Gasteiger partial charge >= 0.3 is 12.1 Å². The van der Waals surface area contributed by atoms with Crippen molar-refractivity contribution in [1.82, 2.24) is 5.32 Å². The second kappa shape index (κ2) is 14.9. The van der Waals surface area contributed by atoms with E-state index in [2.05, 4.69) is 39.8 Å². The number of esters is 1. The van der Waals surface area contributed by atoms with Crippen molar-refractivity contribution >= 4 is 23.4 Å². The summed E-state index contributed by atoms with van der Waals surface area (Å²) in [5, 5.41) is 11.9. The molecule has 0 aliphatic heterocycles. The van der Waals surface area contributed by atoms with Gasteiger partial charge in [0.15, 0.2) is 0 Å². The molecule has 0 aromatic heterocycles. The number of fused-ring (bicyclic) bond motifs is 3. The smallest absolute Gasteiger partial charge is 0.407 e. The first-order valence-electron chi connectivity index (χ1n) is 17.3. The molecule has 7 rings (SSSR count). The zero-order valence-corrected chi connectivity index (χ0v) is 29.4. The Morgan fingerprint density at radius 3 is 1.67 bits per heavy atom. The molecule has 7 nitrogen and oxygen atoms in total. The van der Waals surface area contributed by atoms with Crippen molar-refractivity contribution in [3.8, 4) is 33.4 Å². The molecule has 0 saturated carbocycles. The molecule has 52 heavy (non-hydrogen) atoms. The molecule has 0 heterocycles. The molecule has 0 saturated heterocycles. The van der Waals surface area contributed by atoms with E-state index in [1.54, 1.807) is 12.1 Å². The van der Waals surface area contributed by atoms with Gasteiger partial charge in [0, 0.05) is 12.5 Å². The molecule has 0 fully saturated rings. The molecular weight excluding hydrogens is 647 g/mol. The van der Waals surface area contributed by atoms with Crippen molar-refractivity contribution in [3.63, 3.8) is 0 Å². The molecule has 1 aliphatic carbocycles. The van der Waals surface area contributed by atoms with Gasteiger partial charge in [-0.05, 0) is 107 Å². The lowest BCUT2D eigenvalue weighted by Crippen LogP contribution is -2.25. The first-order chi connectivity index (χ1) is 25.2. The van der Waals surface area contributed by atoms with Crippen LogP contribution >= 0.6 is 0 Å². The summed E-state index contributed by atoms with van der Waals surface area (Å²) in [4.78, 5) is 25.1. The van der Waals surface area contributed by atoms with Crippen LogP contribution in [0.25, 0.3) is 33.4 Å². The van der Waals surface area contributed by atoms with E-state index in [-0.39, 0.29) is 18.5 Å². The van der Waals surface area contributed by atoms with Gasteiger partial charge in [0.2, 0.25) is 0 Å². The monoisotopic (exact) mass is 685 g/mol. The van der Waals surface area contributed by atoms with Gasteiger partial charge in [-0.15, -0.1) is 0 Å². The predicted octanol–water partition coefficient (Wildman–Crippen LogP) is 11.4. The van der Waals surface area contributed by atoms with E-state index in [1.165, 1.54) is 22.3 Å². The van der Waals surface area contributed by atoms with Gasteiger partial charge in [-0.3, -0.25) is 0 Å². The number of carbonyl (C=O) groups is 2. The van der Waals surface area contributed by atoms with E-state index in [0.29, 0.717) is 17.8 Å². The third-order valence-corrected chi connectivity index (χ3v) is 8.89. The van der Waals surface area contributed by atoms with Crippen LogP contribution in [0.4, 0.5) is 16.2 Å². The summed E-state index contributed by atoms with van der Waals surface area (Å²) in [6.07, 6.45) is -0.439. The van der Waals surface area contributed by atoms with Crippen molar-refractivity contribution in [3.05, 3.63) is 168 Å². The lowest BCUT2D eigenvalue weighted by atomic mass is 9.98. The average Bonchev–Trinajstić information content (AvgIpc) is 3.48. The maximum atomic E-state index is 12.7. The molecule has 6 aromatic carbocycles. The fourth-order valence-electron chi connectivity index (χ4n) is 6.39. The summed E-state index contributed by atoms with van der Waals surface area (Å²) in [6, 6.07) is 47.7. The topological polar surface area (TPSA) is 89.4 Å². The maximum Gasteiger partial charge on any atom is 0.407 e. The molecule has 7 heteroatoms. The van der Waals surface area contributed by atoms with Gasteiger partial charge in [0.05, 0.1) is 16.9 Å². The van der Waals surface area contributed by atoms with Gasteiger partial charge in [-0.25, -0.2) is 9.59 Å². The normalized spacial score (nSPS) is 12.3. The summed E-state index contributed by atoms with van der Waals surface area (Å²) in [5.41, 5.74) is 11.1. The molecule has 1 amide bonds. The van der Waals surface area contributed by atoms with E-state index in [0.717, 1.165) is 33.5 Å². The highest BCUT2D eigenvalue weighted by Crippen LogP contribution is 2.44. The fraction of sp³-hybridized carbons (Fsp3) is 0.156. The van der Waals surface area contributed by atoms with Crippen LogP contribution in [0.5, 0.6) is 0 Å². The van der Waals surface area contributed by atoms with E-state index >= 15 is 0 Å². The summed E-state index contributed by atoms with van der Waals surface area (Å²) < 4.78 is 11.2. The number of azo groups is 1. The Bertz CT molecular complexity index is 2210. The van der Waals surface area contributed by atoms with Crippen LogP contribution in [0.1, 0.15) is 53.7 Å². The highest BCUT2D eigenvalue weighted by molar-refractivity contribution is 5.90. The number of rotatable bonds is 9. The highest BCUT2D eigenvalue weighted by atomic mass is 16.6. The number of hydrogen-bond acceptors (Lipinski definition) is 6. The lowest BCUT2D eigenvalue weighted by molar-refractivity contribution is 0.00694. The van der Waals surface area contributed by atoms with Crippen LogP contribution in [0.3, 0.4) is 0 Å². The Kier molecular flexibility index (Phi) is 9.76. The van der Waals surface area contributed by atoms with E-state index in [4.69, 9.17) is 9.47 Å². The molecule has 1 N–H and O–H groups in total. The molecule has 0 unspecified atom stereocenters. The van der Waals surface area contributed by atoms with Crippen LogP contribution in [0, 0.1) is 0 Å². The van der Waals surface area contributed by atoms with Gasteiger partial charge in [0.1, 0.15) is 12.2 Å². The molecule has 0 bridgehead atoms. The Morgan fingerprint density at radius 1 is 0.615 bits per heavy atom. The predicted molar refractivity (Wildman–Crippen MR) is 205 cm³/mol. The number of nitrogens with one attached hydrogen (secondary N) is 1.